The van der Waals surface area contributed by atoms with Crippen molar-refractivity contribution in [3.63, 3.8) is 0 Å². The fraction of sp³-hybridized carbons (Fsp3) is 0.423. The molecular weight excluding hydrogens is 463 g/mol. The third-order valence-electron chi connectivity index (χ3n) is 5.43. The van der Waals surface area contributed by atoms with Crippen LogP contribution in [-0.4, -0.2) is 43.5 Å². The first-order chi connectivity index (χ1) is 17.0. The molecule has 9 nitrogen and oxygen atoms in total. The number of aromatic nitrogens is 1. The van der Waals surface area contributed by atoms with Gasteiger partial charge >= 0.3 is 0 Å². The largest absolute Gasteiger partial charge is 0.395 e. The maximum atomic E-state index is 14.3. The second kappa shape index (κ2) is 15.5. The highest BCUT2D eigenvalue weighted by Crippen LogP contribution is 2.30. The SMILES string of the molecule is CC(=O)/C(N)=C/N(N)c1cc(-c2cc(F)cc(N3CCOCC3)c2)cnc1C.CCC(C)C.NC=O. The Bertz CT molecular complexity index is 1020. The standard InChI is InChI=1S/C20H24FN5O2.C5H12.CH3NO/c1-13-20(26(23)12-19(22)14(2)27)9-16(11-24-13)15-7-17(21)10-18(8-15)25-3-5-28-6-4-25;1-4-5(2)3;2-1-3/h7-12H,3-6,22-23H2,1-2H3;5H,4H2,1-3H3;1H,(H2,2,3)/b19-12-;;. The number of benzene rings is 1. The van der Waals surface area contributed by atoms with Gasteiger partial charge in [-0.05, 0) is 42.7 Å². The molecule has 1 aliphatic rings. The molecule has 1 amide bonds. The maximum absolute atomic E-state index is 14.3. The van der Waals surface area contributed by atoms with Crippen LogP contribution in [-0.2, 0) is 14.3 Å². The van der Waals surface area contributed by atoms with Gasteiger partial charge in [-0.25, -0.2) is 10.2 Å². The molecule has 6 N–H and O–H groups in total. The van der Waals surface area contributed by atoms with Crippen LogP contribution in [0.25, 0.3) is 11.1 Å². The molecule has 2 heterocycles. The first-order valence-corrected chi connectivity index (χ1v) is 11.8. The lowest BCUT2D eigenvalue weighted by molar-refractivity contribution is -0.113. The topological polar surface area (TPSA) is 141 Å². The van der Waals surface area contributed by atoms with Gasteiger partial charge < -0.3 is 21.1 Å². The van der Waals surface area contributed by atoms with Gasteiger partial charge in [0, 0.05) is 43.7 Å². The fourth-order valence-corrected chi connectivity index (χ4v) is 3.00. The number of allylic oxidation sites excluding steroid dienone is 1. The van der Waals surface area contributed by atoms with Crippen LogP contribution < -0.4 is 27.2 Å². The number of hydrazine groups is 1. The van der Waals surface area contributed by atoms with Crippen LogP contribution >= 0.6 is 0 Å². The summed E-state index contributed by atoms with van der Waals surface area (Å²) in [7, 11) is 0. The van der Waals surface area contributed by atoms with Crippen LogP contribution in [0.1, 0.15) is 39.8 Å². The number of rotatable bonds is 6. The number of ketones is 1. The molecule has 1 aromatic heterocycles. The quantitative estimate of drug-likeness (QED) is 0.237. The number of amides is 1. The summed E-state index contributed by atoms with van der Waals surface area (Å²) < 4.78 is 19.7. The second-order valence-corrected chi connectivity index (χ2v) is 8.61. The maximum Gasteiger partial charge on any atom is 0.204 e. The van der Waals surface area contributed by atoms with Gasteiger partial charge in [-0.2, -0.15) is 0 Å². The average Bonchev–Trinajstić information content (AvgIpc) is 2.85. The number of pyridine rings is 1. The van der Waals surface area contributed by atoms with Gasteiger partial charge in [0.1, 0.15) is 5.82 Å². The number of primary amides is 1. The number of Topliss-reactive ketones (excluding diaryl/α,β-unsaturated/α-hetero) is 1. The number of hydrogen-bond acceptors (Lipinski definition) is 8. The van der Waals surface area contributed by atoms with Crippen LogP contribution in [0.4, 0.5) is 15.8 Å². The lowest BCUT2D eigenvalue weighted by Gasteiger charge is -2.29. The molecule has 0 saturated carbocycles. The van der Waals surface area contributed by atoms with Crippen molar-refractivity contribution in [1.29, 1.82) is 0 Å². The average molecular weight is 503 g/mol. The highest BCUT2D eigenvalue weighted by atomic mass is 19.1. The molecule has 0 atom stereocenters. The minimum Gasteiger partial charge on any atom is -0.395 e. The Morgan fingerprint density at radius 1 is 1.22 bits per heavy atom. The molecule has 1 aromatic carbocycles. The van der Waals surface area contributed by atoms with Crippen molar-refractivity contribution in [3.8, 4) is 11.1 Å². The van der Waals surface area contributed by atoms with E-state index in [9.17, 15) is 9.18 Å². The van der Waals surface area contributed by atoms with Crippen LogP contribution in [0.3, 0.4) is 0 Å². The number of carbonyl (C=O) groups excluding carboxylic acids is 2. The summed E-state index contributed by atoms with van der Waals surface area (Å²) in [6, 6.07) is 6.69. The molecule has 10 heteroatoms. The van der Waals surface area contributed by atoms with Gasteiger partial charge in [-0.15, -0.1) is 0 Å². The van der Waals surface area contributed by atoms with E-state index < -0.39 is 0 Å². The molecule has 36 heavy (non-hydrogen) atoms. The normalized spacial score (nSPS) is 13.2. The number of nitrogens with zero attached hydrogens (tertiary/aromatic N) is 3. The molecule has 0 radical (unpaired) electrons. The lowest BCUT2D eigenvalue weighted by atomic mass is 10.0. The van der Waals surface area contributed by atoms with Crippen molar-refractivity contribution < 1.29 is 18.7 Å². The Morgan fingerprint density at radius 2 is 1.81 bits per heavy atom. The molecule has 0 unspecified atom stereocenters. The van der Waals surface area contributed by atoms with Crippen LogP contribution in [0.15, 0.2) is 42.4 Å². The summed E-state index contributed by atoms with van der Waals surface area (Å²) in [6.07, 6.45) is 4.57. The monoisotopic (exact) mass is 502 g/mol. The van der Waals surface area contributed by atoms with Gasteiger partial charge in [-0.1, -0.05) is 27.2 Å². The molecule has 198 valence electrons. The number of ether oxygens (including phenoxy) is 1. The van der Waals surface area contributed by atoms with Crippen LogP contribution in [0, 0.1) is 18.7 Å². The van der Waals surface area contributed by atoms with Crippen molar-refractivity contribution in [1.82, 2.24) is 4.98 Å². The first kappa shape index (κ1) is 30.5. The van der Waals surface area contributed by atoms with Gasteiger partial charge in [0.05, 0.1) is 30.3 Å². The summed E-state index contributed by atoms with van der Waals surface area (Å²) in [5.41, 5.74) is 13.3. The number of carbonyl (C=O) groups is 2. The van der Waals surface area contributed by atoms with E-state index in [1.807, 2.05) is 6.07 Å². The zero-order valence-corrected chi connectivity index (χ0v) is 21.8. The van der Waals surface area contributed by atoms with E-state index in [1.165, 1.54) is 36.7 Å². The van der Waals surface area contributed by atoms with E-state index in [0.29, 0.717) is 48.8 Å². The summed E-state index contributed by atoms with van der Waals surface area (Å²) >= 11 is 0. The number of hydrogen-bond donors (Lipinski definition) is 3. The Morgan fingerprint density at radius 3 is 2.33 bits per heavy atom. The molecule has 0 spiro atoms. The van der Waals surface area contributed by atoms with Gasteiger partial charge in [0.15, 0.2) is 5.78 Å². The number of aryl methyl sites for hydroxylation is 1. The number of nitrogens with two attached hydrogens (primary N) is 3. The van der Waals surface area contributed by atoms with Crippen LogP contribution in [0.2, 0.25) is 0 Å². The van der Waals surface area contributed by atoms with E-state index in [1.54, 1.807) is 19.2 Å². The summed E-state index contributed by atoms with van der Waals surface area (Å²) in [5, 5.41) is 1.25. The predicted molar refractivity (Wildman–Crippen MR) is 142 cm³/mol. The van der Waals surface area contributed by atoms with Crippen molar-refractivity contribution >= 4 is 23.6 Å². The Balaban J connectivity index is 0.000000709. The molecule has 0 bridgehead atoms. The van der Waals surface area contributed by atoms with Crippen LogP contribution in [0.5, 0.6) is 0 Å². The number of halogens is 1. The van der Waals surface area contributed by atoms with E-state index in [0.717, 1.165) is 11.6 Å². The number of morpholine rings is 1. The Labute approximate surface area is 213 Å². The molecule has 1 fully saturated rings. The molecule has 0 aliphatic carbocycles. The number of anilines is 2. The van der Waals surface area contributed by atoms with Gasteiger partial charge in [0.2, 0.25) is 6.41 Å². The Kier molecular flexibility index (Phi) is 13.1. The highest BCUT2D eigenvalue weighted by Gasteiger charge is 2.15. The molecule has 1 saturated heterocycles. The summed E-state index contributed by atoms with van der Waals surface area (Å²) in [6.45, 7) is 12.5. The second-order valence-electron chi connectivity index (χ2n) is 8.61. The minimum absolute atomic E-state index is 0.0349. The Hall–Kier alpha value is -3.50. The van der Waals surface area contributed by atoms with E-state index >= 15 is 0 Å². The zero-order valence-electron chi connectivity index (χ0n) is 21.8. The lowest BCUT2D eigenvalue weighted by Crippen LogP contribution is -2.36. The summed E-state index contributed by atoms with van der Waals surface area (Å²) in [4.78, 5) is 26.4. The van der Waals surface area contributed by atoms with Crippen molar-refractivity contribution in [3.05, 3.63) is 53.9 Å². The van der Waals surface area contributed by atoms with E-state index in [-0.39, 0.29) is 23.7 Å². The molecular formula is C26H39FN6O3. The smallest absolute Gasteiger partial charge is 0.204 e. The highest BCUT2D eigenvalue weighted by molar-refractivity contribution is 5.92. The molecule has 2 aromatic rings. The minimum atomic E-state index is -0.327. The van der Waals surface area contributed by atoms with E-state index in [2.05, 4.69) is 36.4 Å². The third kappa shape index (κ3) is 10.0. The fourth-order valence-electron chi connectivity index (χ4n) is 3.00. The zero-order chi connectivity index (χ0) is 27.3. The molecule has 1 aliphatic heterocycles. The first-order valence-electron chi connectivity index (χ1n) is 11.8. The predicted octanol–water partition coefficient (Wildman–Crippen LogP) is 3.26. The third-order valence-corrected chi connectivity index (χ3v) is 5.43. The molecule has 3 rings (SSSR count). The van der Waals surface area contributed by atoms with Gasteiger partial charge in [-0.3, -0.25) is 19.6 Å². The van der Waals surface area contributed by atoms with Crippen molar-refractivity contribution in [2.75, 3.05) is 36.2 Å². The summed E-state index contributed by atoms with van der Waals surface area (Å²) in [5.74, 6) is 6.32. The van der Waals surface area contributed by atoms with Crippen molar-refractivity contribution in [2.24, 2.45) is 23.2 Å². The van der Waals surface area contributed by atoms with Crippen molar-refractivity contribution in [2.45, 2.75) is 41.0 Å². The van der Waals surface area contributed by atoms with E-state index in [4.69, 9.17) is 21.1 Å². The van der Waals surface area contributed by atoms with Gasteiger partial charge in [0.25, 0.3) is 0 Å².